The number of hydrogen-bond acceptors (Lipinski definition) is 5. The van der Waals surface area contributed by atoms with E-state index in [9.17, 15) is 4.79 Å². The first kappa shape index (κ1) is 14.0. The molecule has 0 aliphatic heterocycles. The number of rotatable bonds is 7. The second-order valence-electron chi connectivity index (χ2n) is 3.34. The number of halogens is 1. The summed E-state index contributed by atoms with van der Waals surface area (Å²) in [5, 5.41) is 0.0831. The zero-order valence-corrected chi connectivity index (χ0v) is 10.7. The minimum Gasteiger partial charge on any atom is -0.383 e. The third-order valence-electron chi connectivity index (χ3n) is 2.21. The summed E-state index contributed by atoms with van der Waals surface area (Å²) in [4.78, 5) is 19.7. The van der Waals surface area contributed by atoms with Crippen molar-refractivity contribution in [3.63, 3.8) is 0 Å². The molecule has 1 N–H and O–H groups in total. The van der Waals surface area contributed by atoms with Crippen LogP contribution >= 0.6 is 11.6 Å². The molecule has 0 aliphatic carbocycles. The summed E-state index contributed by atoms with van der Waals surface area (Å²) in [5.74, 6) is 0.449. The Bertz CT molecular complexity index is 389. The number of hydrogen-bond donors (Lipinski definition) is 1. The van der Waals surface area contributed by atoms with Gasteiger partial charge in [-0.2, -0.15) is 0 Å². The topological polar surface area (TPSA) is 67.5 Å². The van der Waals surface area contributed by atoms with Gasteiger partial charge in [-0.15, -0.1) is 0 Å². The lowest BCUT2D eigenvalue weighted by Gasteiger charge is -2.23. The molecule has 6 nitrogen and oxygen atoms in total. The predicted molar refractivity (Wildman–Crippen MR) is 65.8 cm³/mol. The van der Waals surface area contributed by atoms with Crippen LogP contribution in [0.3, 0.4) is 0 Å². The van der Waals surface area contributed by atoms with Crippen LogP contribution < -0.4 is 10.5 Å². The summed E-state index contributed by atoms with van der Waals surface area (Å²) in [6.45, 7) is 2.23. The molecule has 96 valence electrons. The Labute approximate surface area is 105 Å². The van der Waals surface area contributed by atoms with Gasteiger partial charge in [0.2, 0.25) is 0 Å². The summed E-state index contributed by atoms with van der Waals surface area (Å²) >= 11 is 5.92. The third-order valence-corrected chi connectivity index (χ3v) is 2.55. The van der Waals surface area contributed by atoms with Crippen LogP contribution in [0.1, 0.15) is 0 Å². The second kappa shape index (κ2) is 7.26. The lowest BCUT2D eigenvalue weighted by atomic mass is 10.4. The second-order valence-corrected chi connectivity index (χ2v) is 3.72. The number of ether oxygens (including phenoxy) is 2. The third kappa shape index (κ3) is 3.99. The molecule has 0 saturated heterocycles. The molecule has 1 aromatic rings. The lowest BCUT2D eigenvalue weighted by molar-refractivity contribution is 0.190. The first-order chi connectivity index (χ1) is 8.20. The van der Waals surface area contributed by atoms with Gasteiger partial charge in [0.15, 0.2) is 5.82 Å². The van der Waals surface area contributed by atoms with Crippen molar-refractivity contribution < 1.29 is 9.47 Å². The van der Waals surface area contributed by atoms with E-state index in [1.807, 2.05) is 4.90 Å². The molecule has 0 amide bonds. The summed E-state index contributed by atoms with van der Waals surface area (Å²) < 4.78 is 10.0. The van der Waals surface area contributed by atoms with Gasteiger partial charge in [-0.3, -0.25) is 4.79 Å². The number of methoxy groups -OCH3 is 2. The van der Waals surface area contributed by atoms with Gasteiger partial charge in [0.05, 0.1) is 19.5 Å². The molecule has 1 heterocycles. The normalized spacial score (nSPS) is 10.5. The van der Waals surface area contributed by atoms with Crippen LogP contribution in [0.2, 0.25) is 5.02 Å². The van der Waals surface area contributed by atoms with Crippen LogP contribution in [-0.2, 0) is 9.47 Å². The first-order valence-electron chi connectivity index (χ1n) is 5.16. The van der Waals surface area contributed by atoms with Gasteiger partial charge in [-0.1, -0.05) is 11.6 Å². The summed E-state index contributed by atoms with van der Waals surface area (Å²) in [6.07, 6.45) is 1.33. The van der Waals surface area contributed by atoms with Gasteiger partial charge in [-0.25, -0.2) is 4.98 Å². The zero-order valence-electron chi connectivity index (χ0n) is 9.90. The summed E-state index contributed by atoms with van der Waals surface area (Å²) in [6, 6.07) is 0. The minimum atomic E-state index is -0.350. The van der Waals surface area contributed by atoms with Crippen LogP contribution in [0, 0.1) is 0 Å². The first-order valence-corrected chi connectivity index (χ1v) is 5.54. The van der Waals surface area contributed by atoms with Crippen LogP contribution in [0.25, 0.3) is 0 Å². The fraction of sp³-hybridized carbons (Fsp3) is 0.600. The van der Waals surface area contributed by atoms with Crippen LogP contribution in [0.5, 0.6) is 0 Å². The fourth-order valence-corrected chi connectivity index (χ4v) is 1.54. The monoisotopic (exact) mass is 261 g/mol. The van der Waals surface area contributed by atoms with Gasteiger partial charge in [0.25, 0.3) is 5.56 Å². The highest BCUT2D eigenvalue weighted by atomic mass is 35.5. The van der Waals surface area contributed by atoms with Crippen molar-refractivity contribution in [1.29, 1.82) is 0 Å². The number of H-pyrrole nitrogens is 1. The van der Waals surface area contributed by atoms with E-state index in [1.165, 1.54) is 6.33 Å². The Morgan fingerprint density at radius 3 is 2.47 bits per heavy atom. The Hall–Kier alpha value is -1.11. The Morgan fingerprint density at radius 2 is 1.94 bits per heavy atom. The molecular formula is C10H16ClN3O3. The van der Waals surface area contributed by atoms with E-state index in [-0.39, 0.29) is 10.6 Å². The Morgan fingerprint density at radius 1 is 1.35 bits per heavy atom. The SMILES string of the molecule is COCCN(CCOC)c1nc[nH]c(=O)c1Cl. The van der Waals surface area contributed by atoms with Crippen molar-refractivity contribution in [3.05, 3.63) is 21.7 Å². The highest BCUT2D eigenvalue weighted by Crippen LogP contribution is 2.17. The molecule has 0 radical (unpaired) electrons. The molecule has 0 bridgehead atoms. The highest BCUT2D eigenvalue weighted by Gasteiger charge is 2.13. The molecular weight excluding hydrogens is 246 g/mol. The molecule has 0 aromatic carbocycles. The number of nitrogens with one attached hydrogen (secondary N) is 1. The molecule has 7 heteroatoms. The molecule has 1 rings (SSSR count). The average Bonchev–Trinajstić information content (AvgIpc) is 2.34. The van der Waals surface area contributed by atoms with E-state index in [1.54, 1.807) is 14.2 Å². The Balaban J connectivity index is 2.86. The van der Waals surface area contributed by atoms with Crippen molar-refractivity contribution in [2.75, 3.05) is 45.4 Å². The highest BCUT2D eigenvalue weighted by molar-refractivity contribution is 6.32. The zero-order chi connectivity index (χ0) is 12.7. The van der Waals surface area contributed by atoms with E-state index in [0.29, 0.717) is 32.1 Å². The maximum Gasteiger partial charge on any atom is 0.271 e. The van der Waals surface area contributed by atoms with Crippen LogP contribution in [-0.4, -0.2) is 50.5 Å². The van der Waals surface area contributed by atoms with Gasteiger partial charge in [0, 0.05) is 27.3 Å². The van der Waals surface area contributed by atoms with Crippen molar-refractivity contribution in [3.8, 4) is 0 Å². The molecule has 17 heavy (non-hydrogen) atoms. The van der Waals surface area contributed by atoms with Crippen molar-refractivity contribution in [1.82, 2.24) is 9.97 Å². The average molecular weight is 262 g/mol. The quantitative estimate of drug-likeness (QED) is 0.775. The van der Waals surface area contributed by atoms with E-state index in [2.05, 4.69) is 9.97 Å². The largest absolute Gasteiger partial charge is 0.383 e. The number of aromatic nitrogens is 2. The van der Waals surface area contributed by atoms with Crippen LogP contribution in [0.4, 0.5) is 5.82 Å². The van der Waals surface area contributed by atoms with Gasteiger partial charge < -0.3 is 19.4 Å². The smallest absolute Gasteiger partial charge is 0.271 e. The number of nitrogens with zero attached hydrogens (tertiary/aromatic N) is 2. The van der Waals surface area contributed by atoms with Crippen molar-refractivity contribution in [2.45, 2.75) is 0 Å². The fourth-order valence-electron chi connectivity index (χ4n) is 1.32. The van der Waals surface area contributed by atoms with Gasteiger partial charge >= 0.3 is 0 Å². The number of anilines is 1. The molecule has 0 spiro atoms. The van der Waals surface area contributed by atoms with Gasteiger partial charge in [-0.05, 0) is 0 Å². The van der Waals surface area contributed by atoms with E-state index in [4.69, 9.17) is 21.1 Å². The lowest BCUT2D eigenvalue weighted by Crippen LogP contribution is -2.32. The molecule has 1 aromatic heterocycles. The maximum absolute atomic E-state index is 11.4. The van der Waals surface area contributed by atoms with Crippen molar-refractivity contribution in [2.24, 2.45) is 0 Å². The van der Waals surface area contributed by atoms with E-state index >= 15 is 0 Å². The van der Waals surface area contributed by atoms with Crippen molar-refractivity contribution >= 4 is 17.4 Å². The minimum absolute atomic E-state index is 0.0831. The molecule has 0 unspecified atom stereocenters. The van der Waals surface area contributed by atoms with Gasteiger partial charge in [0.1, 0.15) is 5.02 Å². The molecule has 0 atom stereocenters. The standard InChI is InChI=1S/C10H16ClN3O3/c1-16-5-3-14(4-6-17-2)9-8(11)10(15)13-7-12-9/h7H,3-6H2,1-2H3,(H,12,13,15). The summed E-state index contributed by atoms with van der Waals surface area (Å²) in [5.41, 5.74) is -0.350. The molecule has 0 saturated carbocycles. The molecule has 0 fully saturated rings. The van der Waals surface area contributed by atoms with Crippen LogP contribution in [0.15, 0.2) is 11.1 Å². The van der Waals surface area contributed by atoms with E-state index < -0.39 is 0 Å². The Kier molecular flexibility index (Phi) is 5.96. The van der Waals surface area contributed by atoms with E-state index in [0.717, 1.165) is 0 Å². The predicted octanol–water partition coefficient (Wildman–Crippen LogP) is 0.522. The maximum atomic E-state index is 11.4. The summed E-state index contributed by atoms with van der Waals surface area (Å²) in [7, 11) is 3.22. The molecule has 0 aliphatic rings. The number of aromatic amines is 1.